The minimum Gasteiger partial charge on any atom is -0.0625 e. The van der Waals surface area contributed by atoms with Crippen LogP contribution in [0.15, 0.2) is 0 Å². The molecule has 0 aliphatic rings. The first-order valence-electron chi connectivity index (χ1n) is 4.39. The molecule has 2 radical (unpaired) electrons. The molecule has 0 rings (SSSR count). The topological polar surface area (TPSA) is 0 Å². The van der Waals surface area contributed by atoms with Crippen LogP contribution in [0.4, 0.5) is 0 Å². The first-order chi connectivity index (χ1) is 4.77. The normalized spacial score (nSPS) is 10.8. The molecule has 0 aliphatic heterocycles. The summed E-state index contributed by atoms with van der Waals surface area (Å²) < 4.78 is 0. The zero-order valence-electron chi connectivity index (χ0n) is 7.23. The van der Waals surface area contributed by atoms with E-state index in [9.17, 15) is 0 Å². The van der Waals surface area contributed by atoms with Crippen molar-refractivity contribution < 1.29 is 0 Å². The summed E-state index contributed by atoms with van der Waals surface area (Å²) in [5, 5.41) is 0. The lowest BCUT2D eigenvalue weighted by atomic mass is 10.0. The molecular formula is C10H20. The van der Waals surface area contributed by atoms with Crippen molar-refractivity contribution in [2.24, 2.45) is 5.92 Å². The van der Waals surface area contributed by atoms with Gasteiger partial charge in [-0.15, -0.1) is 0 Å². The molecule has 0 heteroatoms. The Bertz CT molecular complexity index is 55.1. The van der Waals surface area contributed by atoms with E-state index in [1.165, 1.54) is 32.1 Å². The molecule has 0 saturated heterocycles. The molecule has 1 unspecified atom stereocenters. The van der Waals surface area contributed by atoms with Crippen molar-refractivity contribution in [1.29, 1.82) is 0 Å². The molecule has 0 saturated carbocycles. The third kappa shape index (κ3) is 8.00. The predicted molar refractivity (Wildman–Crippen MR) is 47.6 cm³/mol. The van der Waals surface area contributed by atoms with Crippen molar-refractivity contribution >= 4 is 0 Å². The van der Waals surface area contributed by atoms with Crippen LogP contribution < -0.4 is 0 Å². The fraction of sp³-hybridized carbons (Fsp3) is 0.800. The molecule has 10 heavy (non-hydrogen) atoms. The highest BCUT2D eigenvalue weighted by molar-refractivity contribution is 4.54. The van der Waals surface area contributed by atoms with Crippen LogP contribution in [0.1, 0.15) is 45.4 Å². The second-order valence-electron chi connectivity index (χ2n) is 3.16. The maximum atomic E-state index is 3.94. The fourth-order valence-corrected chi connectivity index (χ4v) is 1.02. The average molecular weight is 140 g/mol. The Labute approximate surface area is 66.0 Å². The Morgan fingerprint density at radius 1 is 1.10 bits per heavy atom. The Balaban J connectivity index is 2.77. The monoisotopic (exact) mass is 140 g/mol. The lowest BCUT2D eigenvalue weighted by Crippen LogP contribution is -1.86. The lowest BCUT2D eigenvalue weighted by molar-refractivity contribution is 0.552. The van der Waals surface area contributed by atoms with Crippen LogP contribution in [0.3, 0.4) is 0 Å². The highest BCUT2D eigenvalue weighted by atomic mass is 14.0. The van der Waals surface area contributed by atoms with Crippen LogP contribution in [-0.2, 0) is 0 Å². The van der Waals surface area contributed by atoms with Gasteiger partial charge >= 0.3 is 0 Å². The van der Waals surface area contributed by atoms with Crippen LogP contribution in [0.5, 0.6) is 0 Å². The highest BCUT2D eigenvalue weighted by Crippen LogP contribution is 2.09. The zero-order chi connectivity index (χ0) is 7.82. The van der Waals surface area contributed by atoms with Crippen molar-refractivity contribution in [3.8, 4) is 0 Å². The number of unbranched alkanes of at least 4 members (excludes halogenated alkanes) is 4. The van der Waals surface area contributed by atoms with E-state index in [1.54, 1.807) is 0 Å². The molecular weight excluding hydrogens is 120 g/mol. The summed E-state index contributed by atoms with van der Waals surface area (Å²) in [5.41, 5.74) is 0. The SMILES string of the molecule is [CH2]CCCCCCC([CH2])C. The standard InChI is InChI=1S/C10H20/c1-4-5-6-7-8-9-10(2)3/h10H,1-2,4-9H2,3H3. The first-order valence-corrected chi connectivity index (χ1v) is 4.39. The molecule has 1 atom stereocenters. The van der Waals surface area contributed by atoms with Crippen LogP contribution >= 0.6 is 0 Å². The van der Waals surface area contributed by atoms with E-state index in [0.717, 1.165) is 6.42 Å². The van der Waals surface area contributed by atoms with Gasteiger partial charge in [0.25, 0.3) is 0 Å². The minimum atomic E-state index is 0.639. The van der Waals surface area contributed by atoms with Gasteiger partial charge in [-0.2, -0.15) is 0 Å². The third-order valence-electron chi connectivity index (χ3n) is 1.70. The highest BCUT2D eigenvalue weighted by Gasteiger charge is 1.92. The number of hydrogen-bond donors (Lipinski definition) is 0. The Hall–Kier alpha value is 0. The fourth-order valence-electron chi connectivity index (χ4n) is 1.02. The van der Waals surface area contributed by atoms with Crippen LogP contribution in [0.2, 0.25) is 0 Å². The van der Waals surface area contributed by atoms with E-state index < -0.39 is 0 Å². The summed E-state index contributed by atoms with van der Waals surface area (Å²) in [6, 6.07) is 0. The van der Waals surface area contributed by atoms with Crippen LogP contribution in [0, 0.1) is 19.8 Å². The predicted octanol–water partition coefficient (Wildman–Crippen LogP) is 3.63. The largest absolute Gasteiger partial charge is 0.0625 e. The first kappa shape index (κ1) is 10.0. The maximum absolute atomic E-state index is 3.94. The van der Waals surface area contributed by atoms with Crippen molar-refractivity contribution in [3.05, 3.63) is 13.8 Å². The van der Waals surface area contributed by atoms with Crippen LogP contribution in [-0.4, -0.2) is 0 Å². The van der Waals surface area contributed by atoms with Gasteiger partial charge in [0.15, 0.2) is 0 Å². The second-order valence-corrected chi connectivity index (χ2v) is 3.16. The molecule has 60 valence electrons. The van der Waals surface area contributed by atoms with E-state index in [1.807, 2.05) is 0 Å². The van der Waals surface area contributed by atoms with Gasteiger partial charge < -0.3 is 0 Å². The summed E-state index contributed by atoms with van der Waals surface area (Å²) in [6.45, 7) is 9.93. The molecule has 0 nitrogen and oxygen atoms in total. The molecule has 0 bridgehead atoms. The van der Waals surface area contributed by atoms with Gasteiger partial charge in [0.1, 0.15) is 0 Å². The molecule has 0 aliphatic carbocycles. The molecule has 0 N–H and O–H groups in total. The van der Waals surface area contributed by atoms with Gasteiger partial charge in [-0.3, -0.25) is 0 Å². The third-order valence-corrected chi connectivity index (χ3v) is 1.70. The van der Waals surface area contributed by atoms with Gasteiger partial charge in [0.05, 0.1) is 0 Å². The lowest BCUT2D eigenvalue weighted by Gasteiger charge is -2.02. The number of hydrogen-bond acceptors (Lipinski definition) is 0. The molecule has 0 amide bonds. The summed E-state index contributed by atoms with van der Waals surface area (Å²) in [7, 11) is 0. The molecule has 0 heterocycles. The minimum absolute atomic E-state index is 0.639. The second kappa shape index (κ2) is 7.11. The Morgan fingerprint density at radius 2 is 1.70 bits per heavy atom. The van der Waals surface area contributed by atoms with Crippen molar-refractivity contribution in [2.45, 2.75) is 45.4 Å². The summed E-state index contributed by atoms with van der Waals surface area (Å²) >= 11 is 0. The van der Waals surface area contributed by atoms with Gasteiger partial charge in [0.2, 0.25) is 0 Å². The summed E-state index contributed by atoms with van der Waals surface area (Å²) in [4.78, 5) is 0. The summed E-state index contributed by atoms with van der Waals surface area (Å²) in [6.07, 6.45) is 7.76. The van der Waals surface area contributed by atoms with E-state index in [0.29, 0.717) is 5.92 Å². The quantitative estimate of drug-likeness (QED) is 0.494. The van der Waals surface area contributed by atoms with E-state index in [2.05, 4.69) is 20.8 Å². The van der Waals surface area contributed by atoms with Gasteiger partial charge in [-0.1, -0.05) is 59.3 Å². The van der Waals surface area contributed by atoms with Crippen molar-refractivity contribution in [1.82, 2.24) is 0 Å². The van der Waals surface area contributed by atoms with Gasteiger partial charge in [-0.05, 0) is 5.92 Å². The Morgan fingerprint density at radius 3 is 2.20 bits per heavy atom. The molecule has 0 fully saturated rings. The average Bonchev–Trinajstić information content (AvgIpc) is 1.87. The maximum Gasteiger partial charge on any atom is -0.0443 e. The smallest absolute Gasteiger partial charge is 0.0443 e. The van der Waals surface area contributed by atoms with E-state index in [4.69, 9.17) is 0 Å². The van der Waals surface area contributed by atoms with Gasteiger partial charge in [-0.25, -0.2) is 0 Å². The molecule has 0 aromatic rings. The molecule has 0 aromatic heterocycles. The number of rotatable bonds is 6. The molecule has 0 aromatic carbocycles. The van der Waals surface area contributed by atoms with Crippen LogP contribution in [0.25, 0.3) is 0 Å². The van der Waals surface area contributed by atoms with E-state index in [-0.39, 0.29) is 0 Å². The zero-order valence-corrected chi connectivity index (χ0v) is 7.23. The van der Waals surface area contributed by atoms with Crippen molar-refractivity contribution in [2.75, 3.05) is 0 Å². The van der Waals surface area contributed by atoms with Gasteiger partial charge in [0, 0.05) is 0 Å². The molecule has 0 spiro atoms. The van der Waals surface area contributed by atoms with Crippen molar-refractivity contribution in [3.63, 3.8) is 0 Å². The summed E-state index contributed by atoms with van der Waals surface area (Å²) in [5.74, 6) is 0.639. The van der Waals surface area contributed by atoms with E-state index >= 15 is 0 Å². The Kier molecular flexibility index (Phi) is 7.11.